The Bertz CT molecular complexity index is 651. The molecule has 0 heterocycles. The van der Waals surface area contributed by atoms with E-state index in [2.05, 4.69) is 5.32 Å². The molecule has 0 atom stereocenters. The van der Waals surface area contributed by atoms with Crippen LogP contribution in [0.4, 0.5) is 0 Å². The second-order valence-electron chi connectivity index (χ2n) is 4.63. The van der Waals surface area contributed by atoms with Crippen LogP contribution >= 0.6 is 0 Å². The van der Waals surface area contributed by atoms with E-state index in [9.17, 15) is 4.79 Å². The van der Waals surface area contributed by atoms with Gasteiger partial charge in [0.05, 0.1) is 7.11 Å². The molecule has 0 aliphatic heterocycles. The first-order valence-corrected chi connectivity index (χ1v) is 6.97. The molecule has 4 heteroatoms. The summed E-state index contributed by atoms with van der Waals surface area (Å²) in [4.78, 5) is 11.3. The van der Waals surface area contributed by atoms with Crippen molar-refractivity contribution in [2.45, 2.75) is 6.61 Å². The Morgan fingerprint density at radius 2 is 1.95 bits per heavy atom. The van der Waals surface area contributed by atoms with Crippen molar-refractivity contribution >= 4 is 12.0 Å². The zero-order chi connectivity index (χ0) is 15.8. The molecule has 0 fully saturated rings. The van der Waals surface area contributed by atoms with E-state index in [4.69, 9.17) is 9.47 Å². The number of hydrogen-bond acceptors (Lipinski definition) is 3. The highest BCUT2D eigenvalue weighted by atomic mass is 16.5. The Labute approximate surface area is 130 Å². The minimum Gasteiger partial charge on any atom is -0.497 e. The summed E-state index contributed by atoms with van der Waals surface area (Å²) in [5.41, 5.74) is 1.90. The molecule has 0 aromatic heterocycles. The molecule has 2 rings (SSSR count). The van der Waals surface area contributed by atoms with E-state index in [0.717, 1.165) is 11.1 Å². The SMILES string of the molecule is CNC(=O)/C=C/c1ccc(OC)cc1OCc1ccccc1. The van der Waals surface area contributed by atoms with Gasteiger partial charge in [0.1, 0.15) is 18.1 Å². The zero-order valence-corrected chi connectivity index (χ0v) is 12.7. The van der Waals surface area contributed by atoms with Crippen LogP contribution in [0.1, 0.15) is 11.1 Å². The number of rotatable bonds is 6. The third kappa shape index (κ3) is 4.38. The number of amides is 1. The van der Waals surface area contributed by atoms with E-state index in [1.807, 2.05) is 48.5 Å². The van der Waals surface area contributed by atoms with Crippen molar-refractivity contribution < 1.29 is 14.3 Å². The predicted molar refractivity (Wildman–Crippen MR) is 86.9 cm³/mol. The Morgan fingerprint density at radius 3 is 2.64 bits per heavy atom. The van der Waals surface area contributed by atoms with Crippen LogP contribution in [0.25, 0.3) is 6.08 Å². The molecule has 0 saturated carbocycles. The number of nitrogens with one attached hydrogen (secondary N) is 1. The maximum absolute atomic E-state index is 11.3. The molecule has 0 aliphatic carbocycles. The molecule has 0 unspecified atom stereocenters. The number of carbonyl (C=O) groups is 1. The summed E-state index contributed by atoms with van der Waals surface area (Å²) in [6.07, 6.45) is 3.19. The van der Waals surface area contributed by atoms with Crippen LogP contribution in [-0.4, -0.2) is 20.1 Å². The molecule has 22 heavy (non-hydrogen) atoms. The molecule has 114 valence electrons. The molecule has 2 aromatic rings. The number of benzene rings is 2. The van der Waals surface area contributed by atoms with Crippen LogP contribution < -0.4 is 14.8 Å². The fourth-order valence-electron chi connectivity index (χ4n) is 1.89. The van der Waals surface area contributed by atoms with Crippen LogP contribution in [0.15, 0.2) is 54.6 Å². The summed E-state index contributed by atoms with van der Waals surface area (Å²) < 4.78 is 11.1. The summed E-state index contributed by atoms with van der Waals surface area (Å²) in [5, 5.41) is 2.54. The summed E-state index contributed by atoms with van der Waals surface area (Å²) >= 11 is 0. The molecule has 1 N–H and O–H groups in total. The van der Waals surface area contributed by atoms with Crippen LogP contribution in [0.2, 0.25) is 0 Å². The van der Waals surface area contributed by atoms with Crippen LogP contribution in [0, 0.1) is 0 Å². The van der Waals surface area contributed by atoms with E-state index in [1.54, 1.807) is 20.2 Å². The lowest BCUT2D eigenvalue weighted by molar-refractivity contribution is -0.115. The van der Waals surface area contributed by atoms with E-state index in [0.29, 0.717) is 18.1 Å². The number of methoxy groups -OCH3 is 1. The molecule has 0 saturated heterocycles. The van der Waals surface area contributed by atoms with Gasteiger partial charge in [0.25, 0.3) is 0 Å². The van der Waals surface area contributed by atoms with Crippen molar-refractivity contribution in [3.05, 3.63) is 65.7 Å². The van der Waals surface area contributed by atoms with Gasteiger partial charge in [-0.1, -0.05) is 30.3 Å². The fourth-order valence-corrected chi connectivity index (χ4v) is 1.89. The van der Waals surface area contributed by atoms with Crippen molar-refractivity contribution in [1.29, 1.82) is 0 Å². The molecule has 2 aromatic carbocycles. The molecule has 1 amide bonds. The van der Waals surface area contributed by atoms with Gasteiger partial charge in [-0.05, 0) is 23.8 Å². The molecule has 0 spiro atoms. The molecular weight excluding hydrogens is 278 g/mol. The molecule has 4 nitrogen and oxygen atoms in total. The van der Waals surface area contributed by atoms with Gasteiger partial charge in [-0.3, -0.25) is 4.79 Å². The second-order valence-corrected chi connectivity index (χ2v) is 4.63. The topological polar surface area (TPSA) is 47.6 Å². The van der Waals surface area contributed by atoms with Crippen LogP contribution in [-0.2, 0) is 11.4 Å². The lowest BCUT2D eigenvalue weighted by atomic mass is 10.1. The van der Waals surface area contributed by atoms with Gasteiger partial charge in [-0.15, -0.1) is 0 Å². The van der Waals surface area contributed by atoms with Crippen molar-refractivity contribution in [2.24, 2.45) is 0 Å². The average molecular weight is 297 g/mol. The largest absolute Gasteiger partial charge is 0.497 e. The first-order chi connectivity index (χ1) is 10.7. The summed E-state index contributed by atoms with van der Waals surface area (Å²) in [6.45, 7) is 0.453. The zero-order valence-electron chi connectivity index (χ0n) is 12.7. The van der Waals surface area contributed by atoms with Gasteiger partial charge >= 0.3 is 0 Å². The maximum atomic E-state index is 11.3. The standard InChI is InChI=1S/C18H19NO3/c1-19-18(20)11-9-15-8-10-16(21-2)12-17(15)22-13-14-6-4-3-5-7-14/h3-12H,13H2,1-2H3,(H,19,20)/b11-9+. The van der Waals surface area contributed by atoms with Gasteiger partial charge in [-0.25, -0.2) is 0 Å². The number of carbonyl (C=O) groups excluding carboxylic acids is 1. The van der Waals surface area contributed by atoms with Crippen LogP contribution in [0.3, 0.4) is 0 Å². The van der Waals surface area contributed by atoms with Gasteiger partial charge in [-0.2, -0.15) is 0 Å². The molecule has 0 bridgehead atoms. The Balaban J connectivity index is 2.19. The maximum Gasteiger partial charge on any atom is 0.243 e. The minimum atomic E-state index is -0.162. The Hall–Kier alpha value is -2.75. The predicted octanol–water partition coefficient (Wildman–Crippen LogP) is 3.03. The van der Waals surface area contributed by atoms with E-state index in [1.165, 1.54) is 6.08 Å². The third-order valence-electron chi connectivity index (χ3n) is 3.12. The summed E-state index contributed by atoms with van der Waals surface area (Å²) in [5.74, 6) is 1.22. The van der Waals surface area contributed by atoms with Crippen LogP contribution in [0.5, 0.6) is 11.5 Å². The van der Waals surface area contributed by atoms with Crippen molar-refractivity contribution in [3.8, 4) is 11.5 Å². The van der Waals surface area contributed by atoms with Crippen molar-refractivity contribution in [1.82, 2.24) is 5.32 Å². The fraction of sp³-hybridized carbons (Fsp3) is 0.167. The van der Waals surface area contributed by atoms with Crippen molar-refractivity contribution in [3.63, 3.8) is 0 Å². The van der Waals surface area contributed by atoms with Gasteiger partial charge in [0.15, 0.2) is 0 Å². The minimum absolute atomic E-state index is 0.162. The van der Waals surface area contributed by atoms with Gasteiger partial charge in [0, 0.05) is 24.8 Å². The van der Waals surface area contributed by atoms with Crippen molar-refractivity contribution in [2.75, 3.05) is 14.2 Å². The second kappa shape index (κ2) is 7.88. The molecule has 0 aliphatic rings. The quantitative estimate of drug-likeness (QED) is 0.834. The number of likely N-dealkylation sites (N-methyl/N-ethyl adjacent to an activating group) is 1. The molecular formula is C18H19NO3. The smallest absolute Gasteiger partial charge is 0.243 e. The first kappa shape index (κ1) is 15.6. The summed E-state index contributed by atoms with van der Waals surface area (Å²) in [7, 11) is 3.20. The highest BCUT2D eigenvalue weighted by Crippen LogP contribution is 2.26. The Morgan fingerprint density at radius 1 is 1.18 bits per heavy atom. The lowest BCUT2D eigenvalue weighted by Gasteiger charge is -2.11. The first-order valence-electron chi connectivity index (χ1n) is 6.97. The number of hydrogen-bond donors (Lipinski definition) is 1. The Kier molecular flexibility index (Phi) is 5.60. The average Bonchev–Trinajstić information content (AvgIpc) is 2.58. The van der Waals surface area contributed by atoms with E-state index < -0.39 is 0 Å². The molecule has 0 radical (unpaired) electrons. The van der Waals surface area contributed by atoms with Gasteiger partial charge in [0.2, 0.25) is 5.91 Å². The highest BCUT2D eigenvalue weighted by Gasteiger charge is 2.05. The number of ether oxygens (including phenoxy) is 2. The van der Waals surface area contributed by atoms with E-state index in [-0.39, 0.29) is 5.91 Å². The van der Waals surface area contributed by atoms with E-state index >= 15 is 0 Å². The monoisotopic (exact) mass is 297 g/mol. The van der Waals surface area contributed by atoms with Gasteiger partial charge < -0.3 is 14.8 Å². The third-order valence-corrected chi connectivity index (χ3v) is 3.12. The highest BCUT2D eigenvalue weighted by molar-refractivity contribution is 5.91. The normalized spacial score (nSPS) is 10.5. The summed E-state index contributed by atoms with van der Waals surface area (Å²) in [6, 6.07) is 15.4. The lowest BCUT2D eigenvalue weighted by Crippen LogP contribution is -2.13.